The first-order valence-electron chi connectivity index (χ1n) is 6.90. The number of hydrogen-bond acceptors (Lipinski definition) is 2. The maximum atomic E-state index is 13.0. The summed E-state index contributed by atoms with van der Waals surface area (Å²) < 4.78 is 51.5. The van der Waals surface area contributed by atoms with Gasteiger partial charge in [-0.15, -0.1) is 0 Å². The number of rotatable bonds is 7. The number of carboxylic acid groups (broad SMARTS) is 1. The van der Waals surface area contributed by atoms with Crippen LogP contribution in [0.2, 0.25) is 0 Å². The van der Waals surface area contributed by atoms with E-state index in [0.29, 0.717) is 12.5 Å². The summed E-state index contributed by atoms with van der Waals surface area (Å²) in [5, 5.41) is 11.8. The summed E-state index contributed by atoms with van der Waals surface area (Å²) in [4.78, 5) is 11.1. The Morgan fingerprint density at radius 3 is 2.45 bits per heavy atom. The second-order valence-corrected chi connectivity index (χ2v) is 5.59. The molecular formula is C15H19F4NO2. The Bertz CT molecular complexity index is 515. The first kappa shape index (κ1) is 18.4. The molecule has 1 atom stereocenters. The van der Waals surface area contributed by atoms with E-state index in [1.165, 1.54) is 0 Å². The van der Waals surface area contributed by atoms with Gasteiger partial charge in [-0.1, -0.05) is 19.9 Å². The minimum atomic E-state index is -4.65. The van der Waals surface area contributed by atoms with Gasteiger partial charge in [0.2, 0.25) is 0 Å². The van der Waals surface area contributed by atoms with Gasteiger partial charge in [-0.2, -0.15) is 13.2 Å². The Morgan fingerprint density at radius 1 is 1.32 bits per heavy atom. The van der Waals surface area contributed by atoms with Gasteiger partial charge >= 0.3 is 12.1 Å². The molecule has 0 saturated carbocycles. The molecule has 0 saturated heterocycles. The molecule has 1 aromatic rings. The van der Waals surface area contributed by atoms with E-state index in [-0.39, 0.29) is 24.6 Å². The van der Waals surface area contributed by atoms with Crippen LogP contribution in [0.4, 0.5) is 17.6 Å². The second kappa shape index (κ2) is 7.58. The lowest BCUT2D eigenvalue weighted by Gasteiger charge is -2.17. The minimum absolute atomic E-state index is 0.0577. The zero-order chi connectivity index (χ0) is 16.9. The van der Waals surface area contributed by atoms with E-state index in [2.05, 4.69) is 5.32 Å². The maximum absolute atomic E-state index is 13.0. The summed E-state index contributed by atoms with van der Waals surface area (Å²) >= 11 is 0. The highest BCUT2D eigenvalue weighted by Crippen LogP contribution is 2.32. The molecule has 0 heterocycles. The van der Waals surface area contributed by atoms with Crippen LogP contribution in [0.5, 0.6) is 0 Å². The van der Waals surface area contributed by atoms with Crippen molar-refractivity contribution >= 4 is 5.97 Å². The number of carboxylic acids is 1. The van der Waals surface area contributed by atoms with Gasteiger partial charge in [0, 0.05) is 13.1 Å². The molecule has 0 bridgehead atoms. The van der Waals surface area contributed by atoms with Gasteiger partial charge in [-0.3, -0.25) is 4.79 Å². The van der Waals surface area contributed by atoms with Crippen molar-refractivity contribution in [2.45, 2.75) is 33.0 Å². The number of nitrogens with one attached hydrogen (secondary N) is 1. The zero-order valence-corrected chi connectivity index (χ0v) is 12.4. The van der Waals surface area contributed by atoms with Gasteiger partial charge < -0.3 is 10.4 Å². The van der Waals surface area contributed by atoms with E-state index in [9.17, 15) is 22.4 Å². The summed E-state index contributed by atoms with van der Waals surface area (Å²) in [5.74, 6) is -2.45. The lowest BCUT2D eigenvalue weighted by molar-refractivity contribution is -0.142. The fourth-order valence-electron chi connectivity index (χ4n) is 2.19. The SMILES string of the molecule is CC(C)CC(CNCc1ccc(F)cc1C(F)(F)F)C(=O)O. The molecule has 1 unspecified atom stereocenters. The molecule has 3 nitrogen and oxygen atoms in total. The molecule has 1 aromatic carbocycles. The summed E-state index contributed by atoms with van der Waals surface area (Å²) in [6.07, 6.45) is -4.22. The van der Waals surface area contributed by atoms with Crippen LogP contribution < -0.4 is 5.32 Å². The molecular weight excluding hydrogens is 302 g/mol. The van der Waals surface area contributed by atoms with Crippen LogP contribution in [0.3, 0.4) is 0 Å². The lowest BCUT2D eigenvalue weighted by atomic mass is 9.97. The smallest absolute Gasteiger partial charge is 0.416 e. The Balaban J connectivity index is 2.74. The number of alkyl halides is 3. The van der Waals surface area contributed by atoms with E-state index in [0.717, 1.165) is 12.1 Å². The Labute approximate surface area is 126 Å². The average molecular weight is 321 g/mol. The van der Waals surface area contributed by atoms with Gasteiger partial charge in [0.25, 0.3) is 0 Å². The molecule has 0 aliphatic rings. The average Bonchev–Trinajstić information content (AvgIpc) is 2.37. The van der Waals surface area contributed by atoms with Crippen molar-refractivity contribution < 1.29 is 27.5 Å². The van der Waals surface area contributed by atoms with Crippen molar-refractivity contribution in [3.05, 3.63) is 35.1 Å². The van der Waals surface area contributed by atoms with Crippen LogP contribution in [-0.2, 0) is 17.5 Å². The monoisotopic (exact) mass is 321 g/mol. The van der Waals surface area contributed by atoms with Gasteiger partial charge in [0.05, 0.1) is 11.5 Å². The van der Waals surface area contributed by atoms with E-state index < -0.39 is 29.4 Å². The van der Waals surface area contributed by atoms with Crippen LogP contribution in [0.15, 0.2) is 18.2 Å². The predicted molar refractivity (Wildman–Crippen MR) is 73.7 cm³/mol. The molecule has 0 aromatic heterocycles. The van der Waals surface area contributed by atoms with Crippen LogP contribution in [0, 0.1) is 17.7 Å². The third-order valence-corrected chi connectivity index (χ3v) is 3.19. The molecule has 0 amide bonds. The highest BCUT2D eigenvalue weighted by Gasteiger charge is 2.33. The van der Waals surface area contributed by atoms with Crippen molar-refractivity contribution in [2.24, 2.45) is 11.8 Å². The minimum Gasteiger partial charge on any atom is -0.481 e. The van der Waals surface area contributed by atoms with E-state index in [4.69, 9.17) is 5.11 Å². The summed E-state index contributed by atoms with van der Waals surface area (Å²) in [6, 6.07) is 2.46. The van der Waals surface area contributed by atoms with Crippen molar-refractivity contribution in [3.8, 4) is 0 Å². The Hall–Kier alpha value is -1.63. The first-order chi connectivity index (χ1) is 10.1. The number of hydrogen-bond donors (Lipinski definition) is 2. The van der Waals surface area contributed by atoms with Gasteiger partial charge in [0.1, 0.15) is 5.82 Å². The molecule has 0 radical (unpaired) electrons. The molecule has 22 heavy (non-hydrogen) atoms. The standard InChI is InChI=1S/C15H19F4NO2/c1-9(2)5-11(14(21)22)8-20-7-10-3-4-12(16)6-13(10)15(17,18)19/h3-4,6,9,11,20H,5,7-8H2,1-2H3,(H,21,22). The van der Waals surface area contributed by atoms with Gasteiger partial charge in [-0.25, -0.2) is 4.39 Å². The van der Waals surface area contributed by atoms with E-state index in [1.807, 2.05) is 13.8 Å². The Morgan fingerprint density at radius 2 is 1.95 bits per heavy atom. The number of carbonyl (C=O) groups is 1. The maximum Gasteiger partial charge on any atom is 0.416 e. The lowest BCUT2D eigenvalue weighted by Crippen LogP contribution is -2.30. The van der Waals surface area contributed by atoms with Crippen LogP contribution in [0.25, 0.3) is 0 Å². The summed E-state index contributed by atoms with van der Waals surface area (Å²) in [5.41, 5.74) is -1.15. The van der Waals surface area contributed by atoms with Crippen molar-refractivity contribution in [1.29, 1.82) is 0 Å². The topological polar surface area (TPSA) is 49.3 Å². The van der Waals surface area contributed by atoms with E-state index >= 15 is 0 Å². The van der Waals surface area contributed by atoms with Crippen molar-refractivity contribution in [1.82, 2.24) is 5.32 Å². The third kappa shape index (κ3) is 5.63. The number of halogens is 4. The Kier molecular flexibility index (Phi) is 6.34. The van der Waals surface area contributed by atoms with Crippen LogP contribution in [0.1, 0.15) is 31.4 Å². The van der Waals surface area contributed by atoms with Crippen molar-refractivity contribution in [3.63, 3.8) is 0 Å². The van der Waals surface area contributed by atoms with Crippen LogP contribution >= 0.6 is 0 Å². The quantitative estimate of drug-likeness (QED) is 0.753. The molecule has 1 rings (SSSR count). The molecule has 2 N–H and O–H groups in total. The molecule has 0 spiro atoms. The summed E-state index contributed by atoms with van der Waals surface area (Å²) in [7, 11) is 0. The van der Waals surface area contributed by atoms with Crippen LogP contribution in [-0.4, -0.2) is 17.6 Å². The highest BCUT2D eigenvalue weighted by atomic mass is 19.4. The second-order valence-electron chi connectivity index (χ2n) is 5.59. The van der Waals surface area contributed by atoms with Crippen molar-refractivity contribution in [2.75, 3.05) is 6.54 Å². The van der Waals surface area contributed by atoms with Gasteiger partial charge in [0.15, 0.2) is 0 Å². The molecule has 0 aliphatic carbocycles. The van der Waals surface area contributed by atoms with E-state index in [1.54, 1.807) is 0 Å². The predicted octanol–water partition coefficient (Wildman–Crippen LogP) is 3.68. The third-order valence-electron chi connectivity index (χ3n) is 3.19. The molecule has 0 aliphatic heterocycles. The largest absolute Gasteiger partial charge is 0.481 e. The number of aliphatic carboxylic acids is 1. The normalized spacial score (nSPS) is 13.4. The molecule has 7 heteroatoms. The highest BCUT2D eigenvalue weighted by molar-refractivity contribution is 5.70. The summed E-state index contributed by atoms with van der Waals surface area (Å²) in [6.45, 7) is 3.63. The van der Waals surface area contributed by atoms with Gasteiger partial charge in [-0.05, 0) is 30.0 Å². The first-order valence-corrected chi connectivity index (χ1v) is 6.90. The molecule has 124 valence electrons. The number of benzene rings is 1. The fourth-order valence-corrected chi connectivity index (χ4v) is 2.19. The fraction of sp³-hybridized carbons (Fsp3) is 0.533. The molecule has 0 fully saturated rings. The zero-order valence-electron chi connectivity index (χ0n) is 12.4.